The molecule has 0 bridgehead atoms. The fourth-order valence-electron chi connectivity index (χ4n) is 3.47. The number of aromatic nitrogens is 2. The summed E-state index contributed by atoms with van der Waals surface area (Å²) in [7, 11) is 1.68. The second-order valence-electron chi connectivity index (χ2n) is 6.92. The number of nitrogens with zero attached hydrogens (tertiary/aromatic N) is 2. The van der Waals surface area contributed by atoms with Gasteiger partial charge in [-0.25, -0.2) is 9.78 Å². The smallest absolute Gasteiger partial charge is 0.374 e. The van der Waals surface area contributed by atoms with Gasteiger partial charge in [-0.1, -0.05) is 17.7 Å². The molecule has 5 nitrogen and oxygen atoms in total. The third-order valence-corrected chi connectivity index (χ3v) is 5.50. The van der Waals surface area contributed by atoms with Gasteiger partial charge < -0.3 is 9.47 Å². The molecule has 0 N–H and O–H groups in total. The molecule has 0 aliphatic rings. The lowest BCUT2D eigenvalue weighted by Gasteiger charge is -2.10. The van der Waals surface area contributed by atoms with Gasteiger partial charge >= 0.3 is 5.97 Å². The van der Waals surface area contributed by atoms with Crippen molar-refractivity contribution in [3.8, 4) is 16.3 Å². The van der Waals surface area contributed by atoms with E-state index >= 15 is 0 Å². The molecule has 0 unspecified atom stereocenters. The van der Waals surface area contributed by atoms with Gasteiger partial charge in [-0.05, 0) is 55.8 Å². The Morgan fingerprint density at radius 3 is 2.76 bits per heavy atom. The van der Waals surface area contributed by atoms with Crippen LogP contribution in [0.15, 0.2) is 47.5 Å². The van der Waals surface area contributed by atoms with E-state index in [0.29, 0.717) is 6.61 Å². The topological polar surface area (TPSA) is 52.8 Å². The number of imidazole rings is 1. The number of esters is 1. The minimum absolute atomic E-state index is 0.284. The van der Waals surface area contributed by atoms with Crippen LogP contribution in [0.2, 0.25) is 0 Å². The summed E-state index contributed by atoms with van der Waals surface area (Å²) in [5, 5.41) is 4.04. The largest absolute Gasteiger partial charge is 0.496 e. The van der Waals surface area contributed by atoms with E-state index in [0.717, 1.165) is 38.2 Å². The number of carbonyl (C=O) groups excluding carboxylic acids is 1. The molecule has 0 amide bonds. The lowest BCUT2D eigenvalue weighted by Crippen LogP contribution is -2.09. The highest BCUT2D eigenvalue weighted by atomic mass is 32.1. The molecule has 0 fully saturated rings. The van der Waals surface area contributed by atoms with Crippen molar-refractivity contribution in [2.24, 2.45) is 0 Å². The Hall–Kier alpha value is -3.12. The van der Waals surface area contributed by atoms with Crippen LogP contribution in [0.1, 0.15) is 37.0 Å². The third-order valence-electron chi connectivity index (χ3n) is 4.63. The minimum atomic E-state index is -0.428. The van der Waals surface area contributed by atoms with E-state index < -0.39 is 5.97 Å². The second-order valence-corrected chi connectivity index (χ2v) is 7.87. The molecule has 1 aromatic carbocycles. The van der Waals surface area contributed by atoms with Crippen LogP contribution in [0.5, 0.6) is 5.75 Å². The number of benzene rings is 1. The summed E-state index contributed by atoms with van der Waals surface area (Å²) in [5.41, 5.74) is 3.83. The van der Waals surface area contributed by atoms with Gasteiger partial charge in [0.15, 0.2) is 0 Å². The number of ether oxygens (including phenoxy) is 2. The molecule has 0 saturated heterocycles. The predicted molar refractivity (Wildman–Crippen MR) is 118 cm³/mol. The normalized spacial score (nSPS) is 11.0. The number of hydrogen-bond acceptors (Lipinski definition) is 5. The fraction of sp³-hybridized carbons (Fsp3) is 0.217. The van der Waals surface area contributed by atoms with E-state index in [4.69, 9.17) is 9.47 Å². The Morgan fingerprint density at radius 2 is 2.10 bits per heavy atom. The van der Waals surface area contributed by atoms with E-state index in [2.05, 4.69) is 31.0 Å². The number of thiophene rings is 1. The SMILES string of the molecule is CCOC(=O)c1nc(-c2cccs2)c2c3cc(C=C(C)C)c(OC)cc3ccn12. The number of hydrogen-bond donors (Lipinski definition) is 0. The molecular formula is C23H22N2O3S. The molecule has 0 aliphatic carbocycles. The lowest BCUT2D eigenvalue weighted by atomic mass is 10.0. The Labute approximate surface area is 173 Å². The van der Waals surface area contributed by atoms with E-state index in [-0.39, 0.29) is 5.82 Å². The van der Waals surface area contributed by atoms with Crippen molar-refractivity contribution < 1.29 is 14.3 Å². The molecule has 0 spiro atoms. The molecule has 0 saturated carbocycles. The van der Waals surface area contributed by atoms with Crippen LogP contribution < -0.4 is 4.74 Å². The molecule has 148 valence electrons. The van der Waals surface area contributed by atoms with Gasteiger partial charge in [-0.15, -0.1) is 11.3 Å². The maximum atomic E-state index is 12.6. The highest BCUT2D eigenvalue weighted by Crippen LogP contribution is 2.36. The zero-order chi connectivity index (χ0) is 20.5. The molecule has 4 rings (SSSR count). The van der Waals surface area contributed by atoms with Crippen LogP contribution in [0.25, 0.3) is 32.9 Å². The molecule has 0 radical (unpaired) electrons. The zero-order valence-corrected chi connectivity index (χ0v) is 17.7. The molecule has 0 atom stereocenters. The monoisotopic (exact) mass is 406 g/mol. The first-order valence-corrected chi connectivity index (χ1v) is 10.3. The third kappa shape index (κ3) is 3.40. The van der Waals surface area contributed by atoms with Gasteiger partial charge in [-0.3, -0.25) is 4.40 Å². The first kappa shape index (κ1) is 19.2. The number of pyridine rings is 1. The summed E-state index contributed by atoms with van der Waals surface area (Å²) in [4.78, 5) is 18.2. The van der Waals surface area contributed by atoms with Gasteiger partial charge in [0.1, 0.15) is 11.4 Å². The fourth-order valence-corrected chi connectivity index (χ4v) is 4.19. The predicted octanol–water partition coefficient (Wildman–Crippen LogP) is 5.82. The average molecular weight is 407 g/mol. The highest BCUT2D eigenvalue weighted by Gasteiger charge is 2.22. The standard InChI is InChI=1S/C23H22N2O3S/c1-5-28-23(26)22-24-20(19-7-6-10-29-19)21-17-12-16(11-14(2)3)18(27-4)13-15(17)8-9-25(21)22/h6-13H,5H2,1-4H3. The molecule has 4 aromatic rings. The van der Waals surface area contributed by atoms with Crippen LogP contribution >= 0.6 is 11.3 Å². The van der Waals surface area contributed by atoms with Gasteiger partial charge in [0.2, 0.25) is 5.82 Å². The molecular weight excluding hydrogens is 384 g/mol. The number of methoxy groups -OCH3 is 1. The van der Waals surface area contributed by atoms with Crippen molar-refractivity contribution in [1.82, 2.24) is 9.38 Å². The van der Waals surface area contributed by atoms with Crippen molar-refractivity contribution in [3.05, 3.63) is 58.9 Å². The second kappa shape index (κ2) is 7.72. The Bertz CT molecular complexity index is 1230. The summed E-state index contributed by atoms with van der Waals surface area (Å²) in [6.45, 7) is 6.21. The Kier molecular flexibility index (Phi) is 5.11. The molecule has 29 heavy (non-hydrogen) atoms. The lowest BCUT2D eigenvalue weighted by molar-refractivity contribution is 0.0511. The molecule has 0 aliphatic heterocycles. The first-order valence-electron chi connectivity index (χ1n) is 9.42. The van der Waals surface area contributed by atoms with Crippen molar-refractivity contribution in [1.29, 1.82) is 0 Å². The molecule has 3 aromatic heterocycles. The van der Waals surface area contributed by atoms with Crippen molar-refractivity contribution >= 4 is 39.7 Å². The van der Waals surface area contributed by atoms with Crippen LogP contribution in [0.3, 0.4) is 0 Å². The van der Waals surface area contributed by atoms with Crippen LogP contribution in [-0.4, -0.2) is 29.1 Å². The first-order chi connectivity index (χ1) is 14.0. The number of rotatable bonds is 5. The summed E-state index contributed by atoms with van der Waals surface area (Å²) < 4.78 is 12.7. The van der Waals surface area contributed by atoms with Gasteiger partial charge in [0, 0.05) is 17.1 Å². The molecule has 6 heteroatoms. The van der Waals surface area contributed by atoms with Crippen LogP contribution in [0, 0.1) is 0 Å². The number of carbonyl (C=O) groups is 1. The van der Waals surface area contributed by atoms with Crippen molar-refractivity contribution in [3.63, 3.8) is 0 Å². The number of fused-ring (bicyclic) bond motifs is 3. The zero-order valence-electron chi connectivity index (χ0n) is 16.9. The summed E-state index contributed by atoms with van der Waals surface area (Å²) in [5.74, 6) is 0.667. The average Bonchev–Trinajstić information content (AvgIpc) is 3.35. The van der Waals surface area contributed by atoms with E-state index in [9.17, 15) is 4.79 Å². The maximum Gasteiger partial charge on any atom is 0.374 e. The summed E-state index contributed by atoms with van der Waals surface area (Å²) in [6.07, 6.45) is 3.96. The van der Waals surface area contributed by atoms with Gasteiger partial charge in [0.05, 0.1) is 24.1 Å². The van der Waals surface area contributed by atoms with E-state index in [1.165, 1.54) is 5.57 Å². The minimum Gasteiger partial charge on any atom is -0.496 e. The van der Waals surface area contributed by atoms with Crippen molar-refractivity contribution in [2.45, 2.75) is 20.8 Å². The van der Waals surface area contributed by atoms with Gasteiger partial charge in [-0.2, -0.15) is 0 Å². The quantitative estimate of drug-likeness (QED) is 0.392. The molecule has 3 heterocycles. The Balaban J connectivity index is 2.11. The Morgan fingerprint density at radius 1 is 1.28 bits per heavy atom. The summed E-state index contributed by atoms with van der Waals surface area (Å²) >= 11 is 1.60. The van der Waals surface area contributed by atoms with Gasteiger partial charge in [0.25, 0.3) is 0 Å². The van der Waals surface area contributed by atoms with E-state index in [1.807, 2.05) is 40.2 Å². The highest BCUT2D eigenvalue weighted by molar-refractivity contribution is 7.13. The summed E-state index contributed by atoms with van der Waals surface area (Å²) in [6, 6.07) is 10.1. The maximum absolute atomic E-state index is 12.6. The van der Waals surface area contributed by atoms with Crippen LogP contribution in [-0.2, 0) is 4.74 Å². The number of allylic oxidation sites excluding steroid dienone is 1. The van der Waals surface area contributed by atoms with Crippen LogP contribution in [0.4, 0.5) is 0 Å². The van der Waals surface area contributed by atoms with E-state index in [1.54, 1.807) is 25.4 Å². The van der Waals surface area contributed by atoms with Crippen molar-refractivity contribution in [2.75, 3.05) is 13.7 Å².